The largest absolute Gasteiger partial charge is 0.497 e. The van der Waals surface area contributed by atoms with Gasteiger partial charge in [0.15, 0.2) is 5.78 Å². The van der Waals surface area contributed by atoms with Gasteiger partial charge in [0.2, 0.25) is 0 Å². The van der Waals surface area contributed by atoms with Crippen LogP contribution in [0.5, 0.6) is 5.75 Å². The molecule has 1 unspecified atom stereocenters. The highest BCUT2D eigenvalue weighted by Crippen LogP contribution is 2.48. The number of carbonyl (C=O) groups is 1. The average Bonchev–Trinajstić information content (AvgIpc) is 2.69. The number of hydrogen-bond donors (Lipinski definition) is 0. The summed E-state index contributed by atoms with van der Waals surface area (Å²) >= 11 is 1.81. The second-order valence-electron chi connectivity index (χ2n) is 8.50. The standard InChI is InChI=1S/C25H34O2S/c1-5-7-14-28-17-19-8-9-21(6-2)25(3,24(19)26)13-12-18-15-20-16-22(27-4)10-11-23(18)20/h6,10-11,16-18,21H,2,5,7-9,12-15H2,1,3-4H3/b19-17+/t18?,21-,25+/m1/s1. The summed E-state index contributed by atoms with van der Waals surface area (Å²) in [6.07, 6.45) is 9.50. The summed E-state index contributed by atoms with van der Waals surface area (Å²) in [4.78, 5) is 13.4. The van der Waals surface area contributed by atoms with Gasteiger partial charge >= 0.3 is 0 Å². The van der Waals surface area contributed by atoms with Crippen molar-refractivity contribution in [2.24, 2.45) is 11.3 Å². The Kier molecular flexibility index (Phi) is 7.09. The highest BCUT2D eigenvalue weighted by molar-refractivity contribution is 8.02. The van der Waals surface area contributed by atoms with Crippen molar-refractivity contribution in [2.45, 2.75) is 64.7 Å². The smallest absolute Gasteiger partial charge is 0.165 e. The molecule has 2 aliphatic rings. The van der Waals surface area contributed by atoms with Crippen molar-refractivity contribution in [1.82, 2.24) is 0 Å². The van der Waals surface area contributed by atoms with Gasteiger partial charge in [0.1, 0.15) is 5.75 Å². The lowest BCUT2D eigenvalue weighted by atomic mass is 9.61. The quantitative estimate of drug-likeness (QED) is 0.263. The van der Waals surface area contributed by atoms with Gasteiger partial charge in [0.25, 0.3) is 0 Å². The molecule has 152 valence electrons. The maximum Gasteiger partial charge on any atom is 0.165 e. The molecule has 0 amide bonds. The van der Waals surface area contributed by atoms with Gasteiger partial charge in [-0.2, -0.15) is 0 Å². The molecule has 0 radical (unpaired) electrons. The number of thioether (sulfide) groups is 1. The molecule has 2 nitrogen and oxygen atoms in total. The lowest BCUT2D eigenvalue weighted by Crippen LogP contribution is -2.40. The highest BCUT2D eigenvalue weighted by atomic mass is 32.2. The monoisotopic (exact) mass is 398 g/mol. The van der Waals surface area contributed by atoms with E-state index in [1.54, 1.807) is 7.11 Å². The summed E-state index contributed by atoms with van der Waals surface area (Å²) in [6, 6.07) is 6.41. The van der Waals surface area contributed by atoms with Crippen LogP contribution in [0.25, 0.3) is 0 Å². The van der Waals surface area contributed by atoms with Gasteiger partial charge in [0, 0.05) is 11.0 Å². The molecule has 2 aliphatic carbocycles. The van der Waals surface area contributed by atoms with E-state index in [4.69, 9.17) is 4.74 Å². The van der Waals surface area contributed by atoms with Crippen molar-refractivity contribution in [2.75, 3.05) is 12.9 Å². The molecule has 1 saturated carbocycles. The minimum atomic E-state index is -0.306. The molecule has 1 aromatic carbocycles. The topological polar surface area (TPSA) is 26.3 Å². The molecular weight excluding hydrogens is 364 g/mol. The van der Waals surface area contributed by atoms with Crippen LogP contribution in [0.1, 0.15) is 69.4 Å². The second-order valence-corrected chi connectivity index (χ2v) is 9.48. The van der Waals surface area contributed by atoms with E-state index < -0.39 is 0 Å². The highest BCUT2D eigenvalue weighted by Gasteiger charge is 2.44. The molecule has 0 aromatic heterocycles. The van der Waals surface area contributed by atoms with Gasteiger partial charge in [-0.1, -0.05) is 32.4 Å². The number of ketones is 1. The third kappa shape index (κ3) is 4.25. The van der Waals surface area contributed by atoms with Crippen LogP contribution >= 0.6 is 11.8 Å². The zero-order chi connectivity index (χ0) is 20.1. The average molecular weight is 399 g/mol. The third-order valence-corrected chi connectivity index (χ3v) is 7.72. The number of fused-ring (bicyclic) bond motifs is 1. The summed E-state index contributed by atoms with van der Waals surface area (Å²) < 4.78 is 5.33. The number of hydrogen-bond acceptors (Lipinski definition) is 3. The molecule has 3 atom stereocenters. The molecule has 0 saturated heterocycles. The number of unbranched alkanes of at least 4 members (excludes halogenated alkanes) is 1. The summed E-state index contributed by atoms with van der Waals surface area (Å²) in [5.74, 6) is 3.27. The molecule has 3 rings (SSSR count). The predicted octanol–water partition coefficient (Wildman–Crippen LogP) is 6.70. The van der Waals surface area contributed by atoms with Gasteiger partial charge in [-0.25, -0.2) is 0 Å². The van der Waals surface area contributed by atoms with E-state index >= 15 is 0 Å². The van der Waals surface area contributed by atoms with Crippen LogP contribution in [0.15, 0.2) is 41.8 Å². The zero-order valence-electron chi connectivity index (χ0n) is 17.6. The van der Waals surface area contributed by atoms with E-state index in [2.05, 4.69) is 44.0 Å². The van der Waals surface area contributed by atoms with Crippen molar-refractivity contribution in [3.63, 3.8) is 0 Å². The summed E-state index contributed by atoms with van der Waals surface area (Å²) in [7, 11) is 1.72. The molecule has 28 heavy (non-hydrogen) atoms. The first-order valence-corrected chi connectivity index (χ1v) is 11.7. The fraction of sp³-hybridized carbons (Fsp3) is 0.560. The predicted molar refractivity (Wildman–Crippen MR) is 120 cm³/mol. The molecule has 0 aliphatic heterocycles. The van der Waals surface area contributed by atoms with Gasteiger partial charge < -0.3 is 4.74 Å². The summed E-state index contributed by atoms with van der Waals surface area (Å²) in [5.41, 5.74) is 3.58. The Morgan fingerprint density at radius 1 is 1.39 bits per heavy atom. The lowest BCUT2D eigenvalue weighted by molar-refractivity contribution is -0.128. The fourth-order valence-corrected chi connectivity index (χ4v) is 5.71. The van der Waals surface area contributed by atoms with E-state index in [0.29, 0.717) is 11.7 Å². The van der Waals surface area contributed by atoms with E-state index in [0.717, 1.165) is 49.2 Å². The van der Waals surface area contributed by atoms with Crippen molar-refractivity contribution in [1.29, 1.82) is 0 Å². The molecule has 1 fully saturated rings. The number of carbonyl (C=O) groups excluding carboxylic acids is 1. The molecular formula is C25H34O2S. The van der Waals surface area contributed by atoms with Crippen LogP contribution in [0, 0.1) is 11.3 Å². The van der Waals surface area contributed by atoms with Crippen LogP contribution in [-0.4, -0.2) is 18.6 Å². The van der Waals surface area contributed by atoms with E-state index in [9.17, 15) is 4.79 Å². The van der Waals surface area contributed by atoms with E-state index in [-0.39, 0.29) is 11.3 Å². The van der Waals surface area contributed by atoms with Crippen LogP contribution < -0.4 is 4.74 Å². The molecule has 1 aromatic rings. The summed E-state index contributed by atoms with van der Waals surface area (Å²) in [6.45, 7) is 8.44. The maximum atomic E-state index is 13.4. The number of Topliss-reactive ketones (excluding diaryl/α,β-unsaturated/α-hetero) is 1. The zero-order valence-corrected chi connectivity index (χ0v) is 18.4. The Morgan fingerprint density at radius 2 is 2.21 bits per heavy atom. The first-order valence-electron chi connectivity index (χ1n) is 10.7. The van der Waals surface area contributed by atoms with Gasteiger partial charge in [-0.05, 0) is 84.8 Å². The number of ether oxygens (including phenoxy) is 1. The Bertz CT molecular complexity index is 751. The second kappa shape index (κ2) is 9.35. The summed E-state index contributed by atoms with van der Waals surface area (Å²) in [5, 5.41) is 2.15. The Morgan fingerprint density at radius 3 is 2.89 bits per heavy atom. The molecule has 0 heterocycles. The minimum absolute atomic E-state index is 0.285. The normalized spacial score (nSPS) is 28.0. The van der Waals surface area contributed by atoms with Crippen molar-refractivity contribution in [3.8, 4) is 5.75 Å². The van der Waals surface area contributed by atoms with Crippen LogP contribution in [0.3, 0.4) is 0 Å². The Labute approximate surface area is 174 Å². The van der Waals surface area contributed by atoms with Crippen molar-refractivity contribution >= 4 is 17.5 Å². The first-order chi connectivity index (χ1) is 13.5. The third-order valence-electron chi connectivity index (χ3n) is 6.75. The first kappa shape index (κ1) is 21.2. The van der Waals surface area contributed by atoms with Gasteiger partial charge in [-0.3, -0.25) is 4.79 Å². The van der Waals surface area contributed by atoms with Crippen molar-refractivity contribution < 1.29 is 9.53 Å². The molecule has 0 spiro atoms. The van der Waals surface area contributed by atoms with Crippen LogP contribution in [-0.2, 0) is 11.2 Å². The van der Waals surface area contributed by atoms with E-state index in [1.807, 2.05) is 17.8 Å². The number of benzene rings is 1. The lowest BCUT2D eigenvalue weighted by Gasteiger charge is -2.41. The number of methoxy groups -OCH3 is 1. The van der Waals surface area contributed by atoms with Gasteiger partial charge in [0.05, 0.1) is 7.11 Å². The Hall–Kier alpha value is -1.48. The molecule has 3 heteroatoms. The van der Waals surface area contributed by atoms with Gasteiger partial charge in [-0.15, -0.1) is 18.3 Å². The van der Waals surface area contributed by atoms with E-state index in [1.165, 1.54) is 24.0 Å². The molecule has 0 N–H and O–H groups in total. The SMILES string of the molecule is C=C[C@@H]1CC/C(=C\SCCCC)C(=O)[C@@]1(C)CCC1Cc2cc(OC)ccc21. The van der Waals surface area contributed by atoms with Crippen LogP contribution in [0.2, 0.25) is 0 Å². The molecule has 0 bridgehead atoms. The van der Waals surface area contributed by atoms with Crippen LogP contribution in [0.4, 0.5) is 0 Å². The van der Waals surface area contributed by atoms with Crippen molar-refractivity contribution in [3.05, 3.63) is 53.0 Å². The Balaban J connectivity index is 1.67. The number of allylic oxidation sites excluding steroid dienone is 2. The maximum absolute atomic E-state index is 13.4. The number of rotatable bonds is 9. The minimum Gasteiger partial charge on any atom is -0.497 e. The fourth-order valence-electron chi connectivity index (χ4n) is 4.71.